The van der Waals surface area contributed by atoms with E-state index in [4.69, 9.17) is 11.6 Å². The summed E-state index contributed by atoms with van der Waals surface area (Å²) in [6.07, 6.45) is 0.646. The number of rotatable bonds is 4. The van der Waals surface area contributed by atoms with Crippen LogP contribution >= 0.6 is 11.6 Å². The largest absolute Gasteiger partial charge is 0.296 e. The lowest BCUT2D eigenvalue weighted by Crippen LogP contribution is -2.05. The van der Waals surface area contributed by atoms with E-state index in [0.29, 0.717) is 29.1 Å². The molecule has 1 aromatic heterocycles. The minimum absolute atomic E-state index is 0.218. The third-order valence-corrected chi connectivity index (χ3v) is 3.58. The first-order valence-corrected chi connectivity index (χ1v) is 6.95. The van der Waals surface area contributed by atoms with Crippen LogP contribution in [0.25, 0.3) is 11.3 Å². The highest BCUT2D eigenvalue weighted by molar-refractivity contribution is 6.33. The zero-order valence-electron chi connectivity index (χ0n) is 11.4. The van der Waals surface area contributed by atoms with Crippen LogP contribution in [0.4, 0.5) is 4.39 Å². The van der Waals surface area contributed by atoms with Gasteiger partial charge in [0, 0.05) is 5.56 Å². The Morgan fingerprint density at radius 1 is 1.14 bits per heavy atom. The number of carbonyl (C=O) groups is 1. The van der Waals surface area contributed by atoms with Crippen molar-refractivity contribution in [2.75, 3.05) is 0 Å². The number of carbonyl (C=O) groups excluding carboxylic acids is 1. The lowest BCUT2D eigenvalue weighted by Gasteiger charge is -2.08. The molecule has 0 spiro atoms. The first kappa shape index (κ1) is 14.4. The standard InChI is InChI=1S/C16H11ClFN3O/c17-14-4-2-1-3-13(14)16-15(10-22)19-20-21(16)9-11-5-7-12(18)8-6-11/h1-8,10H,9H2. The van der Waals surface area contributed by atoms with Gasteiger partial charge in [0.15, 0.2) is 12.0 Å². The summed E-state index contributed by atoms with van der Waals surface area (Å²) in [7, 11) is 0. The van der Waals surface area contributed by atoms with Gasteiger partial charge in [0.05, 0.1) is 11.6 Å². The highest BCUT2D eigenvalue weighted by Gasteiger charge is 2.17. The molecule has 0 atom stereocenters. The number of benzene rings is 2. The number of nitrogens with zero attached hydrogens (tertiary/aromatic N) is 3. The minimum Gasteiger partial charge on any atom is -0.296 e. The molecule has 0 N–H and O–H groups in total. The van der Waals surface area contributed by atoms with E-state index in [-0.39, 0.29) is 11.5 Å². The molecule has 0 saturated carbocycles. The summed E-state index contributed by atoms with van der Waals surface area (Å²) in [5, 5.41) is 8.39. The monoisotopic (exact) mass is 315 g/mol. The number of aldehydes is 1. The summed E-state index contributed by atoms with van der Waals surface area (Å²) in [6.45, 7) is 0.363. The van der Waals surface area contributed by atoms with Crippen molar-refractivity contribution in [1.29, 1.82) is 0 Å². The van der Waals surface area contributed by atoms with Crippen LogP contribution in [0, 0.1) is 5.82 Å². The zero-order chi connectivity index (χ0) is 15.5. The van der Waals surface area contributed by atoms with Crippen molar-refractivity contribution in [3.05, 3.63) is 70.6 Å². The van der Waals surface area contributed by atoms with Gasteiger partial charge in [0.25, 0.3) is 0 Å². The molecule has 0 radical (unpaired) electrons. The Hall–Kier alpha value is -2.53. The summed E-state index contributed by atoms with van der Waals surface area (Å²) in [5.41, 5.74) is 2.29. The van der Waals surface area contributed by atoms with Crippen LogP contribution in [0.15, 0.2) is 48.5 Å². The second-order valence-electron chi connectivity index (χ2n) is 4.71. The summed E-state index contributed by atoms with van der Waals surface area (Å²) in [4.78, 5) is 11.2. The molecule has 110 valence electrons. The molecule has 0 aliphatic rings. The summed E-state index contributed by atoms with van der Waals surface area (Å²) >= 11 is 6.21. The van der Waals surface area contributed by atoms with Crippen molar-refractivity contribution >= 4 is 17.9 Å². The molecule has 0 saturated heterocycles. The molecule has 0 aliphatic carbocycles. The average molecular weight is 316 g/mol. The summed E-state index contributed by atoms with van der Waals surface area (Å²) < 4.78 is 14.6. The van der Waals surface area contributed by atoms with Crippen LogP contribution in [-0.2, 0) is 6.54 Å². The molecular formula is C16H11ClFN3O. The predicted molar refractivity (Wildman–Crippen MR) is 81.4 cm³/mol. The fourth-order valence-corrected chi connectivity index (χ4v) is 2.43. The van der Waals surface area contributed by atoms with Crippen molar-refractivity contribution in [3.63, 3.8) is 0 Å². The van der Waals surface area contributed by atoms with E-state index in [9.17, 15) is 9.18 Å². The van der Waals surface area contributed by atoms with E-state index in [1.54, 1.807) is 35.0 Å². The third kappa shape index (κ3) is 2.76. The van der Waals surface area contributed by atoms with Crippen LogP contribution in [-0.4, -0.2) is 21.3 Å². The fourth-order valence-electron chi connectivity index (χ4n) is 2.21. The first-order chi connectivity index (χ1) is 10.7. The SMILES string of the molecule is O=Cc1nnn(Cc2ccc(F)cc2)c1-c1ccccc1Cl. The maximum Gasteiger partial charge on any atom is 0.172 e. The fraction of sp³-hybridized carbons (Fsp3) is 0.0625. The lowest BCUT2D eigenvalue weighted by atomic mass is 10.1. The molecule has 0 fully saturated rings. The molecule has 6 heteroatoms. The normalized spacial score (nSPS) is 10.6. The van der Waals surface area contributed by atoms with E-state index in [0.717, 1.165) is 5.56 Å². The van der Waals surface area contributed by atoms with Crippen LogP contribution in [0.1, 0.15) is 16.1 Å². The molecule has 0 aliphatic heterocycles. The number of hydrogen-bond donors (Lipinski definition) is 0. The molecule has 0 amide bonds. The van der Waals surface area contributed by atoms with Crippen molar-refractivity contribution in [2.24, 2.45) is 0 Å². The van der Waals surface area contributed by atoms with Gasteiger partial charge in [0.2, 0.25) is 0 Å². The Labute approximate surface area is 131 Å². The van der Waals surface area contributed by atoms with Crippen LogP contribution in [0.2, 0.25) is 5.02 Å². The van der Waals surface area contributed by atoms with Crippen LogP contribution < -0.4 is 0 Å². The van der Waals surface area contributed by atoms with Gasteiger partial charge in [-0.1, -0.05) is 47.1 Å². The third-order valence-electron chi connectivity index (χ3n) is 3.25. The number of halogens is 2. The van der Waals surface area contributed by atoms with E-state index < -0.39 is 0 Å². The second-order valence-corrected chi connectivity index (χ2v) is 5.11. The van der Waals surface area contributed by atoms with Crippen LogP contribution in [0.5, 0.6) is 0 Å². The predicted octanol–water partition coefficient (Wildman–Crippen LogP) is 3.60. The molecule has 22 heavy (non-hydrogen) atoms. The number of aromatic nitrogens is 3. The van der Waals surface area contributed by atoms with Crippen LogP contribution in [0.3, 0.4) is 0 Å². The van der Waals surface area contributed by atoms with Crippen molar-refractivity contribution in [3.8, 4) is 11.3 Å². The van der Waals surface area contributed by atoms with Crippen molar-refractivity contribution in [1.82, 2.24) is 15.0 Å². The van der Waals surface area contributed by atoms with E-state index in [2.05, 4.69) is 10.3 Å². The Morgan fingerprint density at radius 3 is 2.55 bits per heavy atom. The molecular weight excluding hydrogens is 305 g/mol. The van der Waals surface area contributed by atoms with Gasteiger partial charge in [-0.05, 0) is 23.8 Å². The van der Waals surface area contributed by atoms with Crippen molar-refractivity contribution in [2.45, 2.75) is 6.54 Å². The van der Waals surface area contributed by atoms with Crippen molar-refractivity contribution < 1.29 is 9.18 Å². The Kier molecular flexibility index (Phi) is 3.98. The maximum atomic E-state index is 13.0. The Balaban J connectivity index is 2.06. The maximum absolute atomic E-state index is 13.0. The Bertz CT molecular complexity index is 815. The molecule has 0 bridgehead atoms. The molecule has 3 aromatic rings. The summed E-state index contributed by atoms with van der Waals surface area (Å²) in [6, 6.07) is 13.2. The zero-order valence-corrected chi connectivity index (χ0v) is 12.2. The molecule has 0 unspecified atom stereocenters. The average Bonchev–Trinajstić information content (AvgIpc) is 2.93. The topological polar surface area (TPSA) is 47.8 Å². The summed E-state index contributed by atoms with van der Waals surface area (Å²) in [5.74, 6) is -0.303. The smallest absolute Gasteiger partial charge is 0.172 e. The molecule has 1 heterocycles. The van der Waals surface area contributed by atoms with Gasteiger partial charge in [-0.3, -0.25) is 4.79 Å². The van der Waals surface area contributed by atoms with E-state index in [1.807, 2.05) is 6.07 Å². The van der Waals surface area contributed by atoms with Gasteiger partial charge in [-0.15, -0.1) is 5.10 Å². The highest BCUT2D eigenvalue weighted by Crippen LogP contribution is 2.29. The first-order valence-electron chi connectivity index (χ1n) is 6.57. The molecule has 2 aromatic carbocycles. The molecule has 4 nitrogen and oxygen atoms in total. The minimum atomic E-state index is -0.303. The second kappa shape index (κ2) is 6.07. The van der Waals surface area contributed by atoms with Gasteiger partial charge < -0.3 is 0 Å². The lowest BCUT2D eigenvalue weighted by molar-refractivity contribution is 0.111. The molecule has 3 rings (SSSR count). The Morgan fingerprint density at radius 2 is 1.86 bits per heavy atom. The van der Waals surface area contributed by atoms with E-state index in [1.165, 1.54) is 12.1 Å². The van der Waals surface area contributed by atoms with Gasteiger partial charge in [-0.25, -0.2) is 9.07 Å². The quantitative estimate of drug-likeness (QED) is 0.691. The van der Waals surface area contributed by atoms with Gasteiger partial charge in [-0.2, -0.15) is 0 Å². The highest BCUT2D eigenvalue weighted by atomic mass is 35.5. The van der Waals surface area contributed by atoms with E-state index >= 15 is 0 Å². The number of hydrogen-bond acceptors (Lipinski definition) is 3. The van der Waals surface area contributed by atoms with Gasteiger partial charge >= 0.3 is 0 Å². The van der Waals surface area contributed by atoms with Gasteiger partial charge in [0.1, 0.15) is 11.5 Å².